The van der Waals surface area contributed by atoms with Crippen molar-refractivity contribution in [3.05, 3.63) is 89.9 Å². The molecule has 2 aromatic heterocycles. The van der Waals surface area contributed by atoms with Crippen molar-refractivity contribution in [3.8, 4) is 5.75 Å². The maximum absolute atomic E-state index is 12.2. The number of rotatable bonds is 6. The van der Waals surface area contributed by atoms with Gasteiger partial charge in [0.05, 0.1) is 12.8 Å². The smallest absolute Gasteiger partial charge is 0.258 e. The minimum atomic E-state index is -0.211. The summed E-state index contributed by atoms with van der Waals surface area (Å²) in [4.78, 5) is 19.3. The summed E-state index contributed by atoms with van der Waals surface area (Å²) in [5.74, 6) is 2.01. The van der Waals surface area contributed by atoms with E-state index in [4.69, 9.17) is 14.1 Å². The van der Waals surface area contributed by atoms with Gasteiger partial charge in [-0.25, -0.2) is 4.98 Å². The van der Waals surface area contributed by atoms with Crippen LogP contribution >= 0.6 is 0 Å². The van der Waals surface area contributed by atoms with E-state index in [0.29, 0.717) is 18.1 Å². The van der Waals surface area contributed by atoms with Gasteiger partial charge < -0.3 is 19.4 Å². The van der Waals surface area contributed by atoms with E-state index in [1.54, 1.807) is 12.3 Å². The minimum absolute atomic E-state index is 0.0805. The Morgan fingerprint density at radius 3 is 2.81 bits per heavy atom. The van der Waals surface area contributed by atoms with Crippen LogP contribution < -0.4 is 15.0 Å². The Bertz CT molecular complexity index is 1200. The van der Waals surface area contributed by atoms with E-state index < -0.39 is 0 Å². The molecule has 2 aromatic carbocycles. The lowest BCUT2D eigenvalue weighted by Crippen LogP contribution is -2.31. The molecule has 6 heteroatoms. The molecule has 156 valence electrons. The Labute approximate surface area is 180 Å². The van der Waals surface area contributed by atoms with Crippen LogP contribution in [0.1, 0.15) is 16.9 Å². The molecule has 4 aromatic rings. The van der Waals surface area contributed by atoms with Gasteiger partial charge in [0.15, 0.2) is 6.61 Å². The molecule has 5 rings (SSSR count). The van der Waals surface area contributed by atoms with E-state index in [1.807, 2.05) is 24.3 Å². The number of para-hydroxylation sites is 1. The zero-order valence-electron chi connectivity index (χ0n) is 17.1. The lowest BCUT2D eigenvalue weighted by atomic mass is 10.00. The number of carbonyl (C=O) groups excluding carboxylic acids is 1. The summed E-state index contributed by atoms with van der Waals surface area (Å²) in [5.41, 5.74) is 3.51. The van der Waals surface area contributed by atoms with Gasteiger partial charge >= 0.3 is 0 Å². The van der Waals surface area contributed by atoms with Gasteiger partial charge in [0, 0.05) is 18.5 Å². The standard InChI is InChI=1S/C25H23N3O3/c29-24(26-15-21-8-4-14-30-21)17-31-22-9-3-7-19-10-11-23(27-25(19)22)28-13-12-18-5-1-2-6-20(18)16-28/h1-11,14H,12-13,15-17H2,(H,26,29). The van der Waals surface area contributed by atoms with Crippen LogP contribution in [0.15, 0.2) is 77.4 Å². The van der Waals surface area contributed by atoms with Gasteiger partial charge in [-0.2, -0.15) is 0 Å². The monoisotopic (exact) mass is 413 g/mol. The van der Waals surface area contributed by atoms with Crippen molar-refractivity contribution in [2.45, 2.75) is 19.5 Å². The Balaban J connectivity index is 1.31. The van der Waals surface area contributed by atoms with Crippen LogP contribution in [0.4, 0.5) is 5.82 Å². The molecule has 0 radical (unpaired) electrons. The Hall–Kier alpha value is -3.80. The van der Waals surface area contributed by atoms with E-state index >= 15 is 0 Å². The van der Waals surface area contributed by atoms with Crippen molar-refractivity contribution >= 4 is 22.6 Å². The fourth-order valence-corrected chi connectivity index (χ4v) is 3.89. The fourth-order valence-electron chi connectivity index (χ4n) is 3.89. The third-order valence-corrected chi connectivity index (χ3v) is 5.52. The summed E-state index contributed by atoms with van der Waals surface area (Å²) in [6.07, 6.45) is 2.59. The number of hydrogen-bond donors (Lipinski definition) is 1. The number of nitrogens with zero attached hydrogens (tertiary/aromatic N) is 2. The van der Waals surface area contributed by atoms with Gasteiger partial charge in [-0.1, -0.05) is 36.4 Å². The van der Waals surface area contributed by atoms with E-state index in [1.165, 1.54) is 11.1 Å². The molecule has 1 aliphatic rings. The SMILES string of the molecule is O=C(COc1cccc2ccc(N3CCc4ccccc4C3)nc12)NCc1ccco1. The molecule has 1 amide bonds. The Morgan fingerprint density at radius 2 is 1.94 bits per heavy atom. The van der Waals surface area contributed by atoms with E-state index in [0.717, 1.165) is 36.2 Å². The molecule has 0 saturated carbocycles. The molecule has 31 heavy (non-hydrogen) atoms. The largest absolute Gasteiger partial charge is 0.481 e. The average molecular weight is 413 g/mol. The third kappa shape index (κ3) is 4.23. The number of hydrogen-bond acceptors (Lipinski definition) is 5. The second-order valence-corrected chi connectivity index (χ2v) is 7.58. The van der Waals surface area contributed by atoms with Crippen LogP contribution in [0, 0.1) is 0 Å². The average Bonchev–Trinajstić information content (AvgIpc) is 3.34. The molecule has 0 fully saturated rings. The highest BCUT2D eigenvalue weighted by Gasteiger charge is 2.18. The van der Waals surface area contributed by atoms with Gasteiger partial charge in [-0.05, 0) is 47.9 Å². The van der Waals surface area contributed by atoms with Crippen molar-refractivity contribution in [3.63, 3.8) is 0 Å². The number of benzene rings is 2. The van der Waals surface area contributed by atoms with Crippen LogP contribution in [0.5, 0.6) is 5.75 Å². The highest BCUT2D eigenvalue weighted by molar-refractivity contribution is 5.86. The maximum atomic E-state index is 12.2. The van der Waals surface area contributed by atoms with Gasteiger partial charge in [-0.15, -0.1) is 0 Å². The molecule has 3 heterocycles. The Morgan fingerprint density at radius 1 is 1.03 bits per heavy atom. The summed E-state index contributed by atoms with van der Waals surface area (Å²) in [6, 6.07) is 22.0. The molecular formula is C25H23N3O3. The van der Waals surface area contributed by atoms with Crippen LogP contribution in [-0.4, -0.2) is 24.0 Å². The number of aromatic nitrogens is 1. The summed E-state index contributed by atoms with van der Waals surface area (Å²) < 4.78 is 11.1. The van der Waals surface area contributed by atoms with Gasteiger partial charge in [0.25, 0.3) is 5.91 Å². The summed E-state index contributed by atoms with van der Waals surface area (Å²) in [5, 5.41) is 3.77. The molecular weight excluding hydrogens is 390 g/mol. The lowest BCUT2D eigenvalue weighted by Gasteiger charge is -2.30. The number of anilines is 1. The quantitative estimate of drug-likeness (QED) is 0.516. The summed E-state index contributed by atoms with van der Waals surface area (Å²) in [7, 11) is 0. The van der Waals surface area contributed by atoms with E-state index in [2.05, 4.69) is 46.6 Å². The van der Waals surface area contributed by atoms with Crippen LogP contribution in [0.3, 0.4) is 0 Å². The van der Waals surface area contributed by atoms with Crippen molar-refractivity contribution in [1.82, 2.24) is 10.3 Å². The fraction of sp³-hybridized carbons (Fsp3) is 0.200. The van der Waals surface area contributed by atoms with E-state index in [-0.39, 0.29) is 12.5 Å². The number of pyridine rings is 1. The van der Waals surface area contributed by atoms with Crippen LogP contribution in [-0.2, 0) is 24.3 Å². The van der Waals surface area contributed by atoms with E-state index in [9.17, 15) is 4.79 Å². The van der Waals surface area contributed by atoms with Crippen molar-refractivity contribution in [2.24, 2.45) is 0 Å². The van der Waals surface area contributed by atoms with Gasteiger partial charge in [0.2, 0.25) is 0 Å². The lowest BCUT2D eigenvalue weighted by molar-refractivity contribution is -0.123. The molecule has 0 bridgehead atoms. The van der Waals surface area contributed by atoms with Crippen LogP contribution in [0.25, 0.3) is 10.9 Å². The topological polar surface area (TPSA) is 67.6 Å². The number of amides is 1. The molecule has 0 atom stereocenters. The summed E-state index contributed by atoms with van der Waals surface area (Å²) in [6.45, 7) is 2.02. The molecule has 1 aliphatic heterocycles. The molecule has 1 N–H and O–H groups in total. The first kappa shape index (κ1) is 19.2. The second-order valence-electron chi connectivity index (χ2n) is 7.58. The molecule has 0 aliphatic carbocycles. The minimum Gasteiger partial charge on any atom is -0.481 e. The highest BCUT2D eigenvalue weighted by Crippen LogP contribution is 2.29. The normalized spacial score (nSPS) is 13.1. The predicted octanol–water partition coefficient (Wildman–Crippen LogP) is 4.09. The van der Waals surface area contributed by atoms with Gasteiger partial charge in [0.1, 0.15) is 22.8 Å². The van der Waals surface area contributed by atoms with Crippen LogP contribution in [0.2, 0.25) is 0 Å². The van der Waals surface area contributed by atoms with Crippen molar-refractivity contribution < 1.29 is 13.9 Å². The van der Waals surface area contributed by atoms with Crippen molar-refractivity contribution in [1.29, 1.82) is 0 Å². The maximum Gasteiger partial charge on any atom is 0.258 e. The molecule has 0 saturated heterocycles. The number of nitrogens with one attached hydrogen (secondary N) is 1. The molecule has 6 nitrogen and oxygen atoms in total. The first-order chi connectivity index (χ1) is 15.3. The molecule has 0 spiro atoms. The predicted molar refractivity (Wildman–Crippen MR) is 119 cm³/mol. The first-order valence-electron chi connectivity index (χ1n) is 10.4. The van der Waals surface area contributed by atoms with Crippen molar-refractivity contribution in [2.75, 3.05) is 18.1 Å². The molecule has 0 unspecified atom stereocenters. The highest BCUT2D eigenvalue weighted by atomic mass is 16.5. The number of ether oxygens (including phenoxy) is 1. The number of fused-ring (bicyclic) bond motifs is 2. The summed E-state index contributed by atoms with van der Waals surface area (Å²) >= 11 is 0. The third-order valence-electron chi connectivity index (χ3n) is 5.52. The number of furan rings is 1. The zero-order valence-corrected chi connectivity index (χ0v) is 17.1. The Kier molecular flexibility index (Phi) is 5.27. The first-order valence-corrected chi connectivity index (χ1v) is 10.4. The number of carbonyl (C=O) groups is 1. The second kappa shape index (κ2) is 8.52. The van der Waals surface area contributed by atoms with Gasteiger partial charge in [-0.3, -0.25) is 4.79 Å². The zero-order chi connectivity index (χ0) is 21.0.